The molecule has 2 saturated heterocycles. The van der Waals surface area contributed by atoms with E-state index >= 15 is 0 Å². The van der Waals surface area contributed by atoms with Crippen molar-refractivity contribution in [1.82, 2.24) is 9.97 Å². The van der Waals surface area contributed by atoms with Gasteiger partial charge in [0.2, 0.25) is 12.3 Å². The van der Waals surface area contributed by atoms with E-state index in [-0.39, 0.29) is 18.1 Å². The standard InChI is InChI=1S/C20H25FN4O2/c1-14-7-8-25(16(14)11-15-5-3-2-4-6-15)20-22-18(12-19(26)23-20)24-9-10-27-17(21)13-24/h2-6,12,14,16-17H,7-11,13H2,1H3,(H,22,23,26)/t14-,16+,17+/m1/s1. The third-order valence-corrected chi connectivity index (χ3v) is 5.51. The first-order valence-corrected chi connectivity index (χ1v) is 9.53. The normalized spacial score (nSPS) is 25.8. The Labute approximate surface area is 158 Å². The van der Waals surface area contributed by atoms with Crippen LogP contribution in [0.25, 0.3) is 0 Å². The molecule has 2 fully saturated rings. The van der Waals surface area contributed by atoms with Crippen LogP contribution < -0.4 is 15.4 Å². The number of benzene rings is 1. The van der Waals surface area contributed by atoms with E-state index in [2.05, 4.69) is 33.9 Å². The van der Waals surface area contributed by atoms with E-state index in [4.69, 9.17) is 4.74 Å². The van der Waals surface area contributed by atoms with Gasteiger partial charge in [0.1, 0.15) is 5.82 Å². The lowest BCUT2D eigenvalue weighted by molar-refractivity contribution is -0.0467. The summed E-state index contributed by atoms with van der Waals surface area (Å²) in [6.07, 6.45) is 0.608. The molecule has 1 N–H and O–H groups in total. The number of aromatic nitrogens is 2. The van der Waals surface area contributed by atoms with Gasteiger partial charge >= 0.3 is 0 Å². The van der Waals surface area contributed by atoms with Crippen molar-refractivity contribution in [2.24, 2.45) is 5.92 Å². The van der Waals surface area contributed by atoms with Crippen molar-refractivity contribution in [1.29, 1.82) is 0 Å². The zero-order chi connectivity index (χ0) is 18.8. The van der Waals surface area contributed by atoms with Crippen LogP contribution in [-0.4, -0.2) is 48.6 Å². The molecule has 2 aromatic rings. The fourth-order valence-corrected chi connectivity index (χ4v) is 3.98. The van der Waals surface area contributed by atoms with Crippen molar-refractivity contribution in [2.75, 3.05) is 36.0 Å². The molecule has 144 valence electrons. The van der Waals surface area contributed by atoms with Gasteiger partial charge in [-0.15, -0.1) is 0 Å². The molecule has 1 aromatic carbocycles. The summed E-state index contributed by atoms with van der Waals surface area (Å²) in [5.74, 6) is 1.58. The molecule has 0 bridgehead atoms. The molecule has 2 aliphatic heterocycles. The van der Waals surface area contributed by atoms with Crippen molar-refractivity contribution in [3.8, 4) is 0 Å². The van der Waals surface area contributed by atoms with Crippen LogP contribution in [0.1, 0.15) is 18.9 Å². The van der Waals surface area contributed by atoms with Gasteiger partial charge in [0.15, 0.2) is 0 Å². The van der Waals surface area contributed by atoms with Crippen LogP contribution in [0.3, 0.4) is 0 Å². The van der Waals surface area contributed by atoms with Crippen LogP contribution in [0, 0.1) is 5.92 Å². The van der Waals surface area contributed by atoms with Gasteiger partial charge in [-0.1, -0.05) is 37.3 Å². The maximum Gasteiger partial charge on any atom is 0.254 e. The number of hydrogen-bond donors (Lipinski definition) is 1. The topological polar surface area (TPSA) is 61.5 Å². The molecule has 27 heavy (non-hydrogen) atoms. The fraction of sp³-hybridized carbons (Fsp3) is 0.500. The summed E-state index contributed by atoms with van der Waals surface area (Å²) in [5, 5.41) is 0. The van der Waals surface area contributed by atoms with Gasteiger partial charge in [-0.2, -0.15) is 4.98 Å². The highest BCUT2D eigenvalue weighted by Gasteiger charge is 2.33. The molecule has 2 aliphatic rings. The van der Waals surface area contributed by atoms with E-state index in [1.54, 1.807) is 4.90 Å². The smallest absolute Gasteiger partial charge is 0.254 e. The maximum atomic E-state index is 13.6. The minimum Gasteiger partial charge on any atom is -0.349 e. The summed E-state index contributed by atoms with van der Waals surface area (Å²) >= 11 is 0. The summed E-state index contributed by atoms with van der Waals surface area (Å²) in [5.41, 5.74) is 1.06. The van der Waals surface area contributed by atoms with Gasteiger partial charge in [-0.05, 0) is 24.3 Å². The molecule has 0 amide bonds. The predicted molar refractivity (Wildman–Crippen MR) is 103 cm³/mol. The van der Waals surface area contributed by atoms with Gasteiger partial charge in [0.25, 0.3) is 5.56 Å². The second kappa shape index (κ2) is 7.68. The van der Waals surface area contributed by atoms with Crippen LogP contribution in [-0.2, 0) is 11.2 Å². The summed E-state index contributed by atoms with van der Waals surface area (Å²) in [7, 11) is 0. The van der Waals surface area contributed by atoms with E-state index in [1.807, 2.05) is 18.2 Å². The summed E-state index contributed by atoms with van der Waals surface area (Å²) in [4.78, 5) is 23.8. The molecule has 3 heterocycles. The summed E-state index contributed by atoms with van der Waals surface area (Å²) in [6.45, 7) is 4.01. The van der Waals surface area contributed by atoms with E-state index in [0.29, 0.717) is 30.8 Å². The molecule has 0 aliphatic carbocycles. The Balaban J connectivity index is 1.60. The summed E-state index contributed by atoms with van der Waals surface area (Å²) < 4.78 is 18.5. The van der Waals surface area contributed by atoms with E-state index in [1.165, 1.54) is 11.6 Å². The highest BCUT2D eigenvalue weighted by atomic mass is 19.1. The number of morpholine rings is 1. The Hall–Kier alpha value is -2.41. The molecule has 7 heteroatoms. The molecule has 3 atom stereocenters. The minimum absolute atomic E-state index is 0.0970. The number of nitrogens with one attached hydrogen (secondary N) is 1. The largest absolute Gasteiger partial charge is 0.349 e. The van der Waals surface area contributed by atoms with Crippen molar-refractivity contribution in [3.05, 3.63) is 52.3 Å². The monoisotopic (exact) mass is 372 g/mol. The third-order valence-electron chi connectivity index (χ3n) is 5.51. The first kappa shape index (κ1) is 18.0. The number of anilines is 2. The van der Waals surface area contributed by atoms with Crippen LogP contribution in [0.15, 0.2) is 41.2 Å². The lowest BCUT2D eigenvalue weighted by Gasteiger charge is -2.31. The Kier molecular flexibility index (Phi) is 5.11. The highest BCUT2D eigenvalue weighted by molar-refractivity contribution is 5.45. The van der Waals surface area contributed by atoms with Crippen LogP contribution in [0.5, 0.6) is 0 Å². The predicted octanol–water partition coefficient (Wildman–Crippen LogP) is 2.36. The van der Waals surface area contributed by atoms with Gasteiger partial charge in [-0.25, -0.2) is 4.39 Å². The fourth-order valence-electron chi connectivity index (χ4n) is 3.98. The average Bonchev–Trinajstić information content (AvgIpc) is 3.03. The average molecular weight is 372 g/mol. The molecule has 0 spiro atoms. The molecule has 0 saturated carbocycles. The second-order valence-electron chi connectivity index (χ2n) is 7.37. The lowest BCUT2D eigenvalue weighted by atomic mass is 9.96. The van der Waals surface area contributed by atoms with E-state index in [0.717, 1.165) is 19.4 Å². The first-order valence-electron chi connectivity index (χ1n) is 9.53. The van der Waals surface area contributed by atoms with Gasteiger partial charge in [0, 0.05) is 25.2 Å². The maximum absolute atomic E-state index is 13.6. The van der Waals surface area contributed by atoms with Crippen molar-refractivity contribution in [3.63, 3.8) is 0 Å². The number of alkyl halides is 1. The Morgan fingerprint density at radius 2 is 2.11 bits per heavy atom. The number of halogens is 1. The minimum atomic E-state index is -1.35. The number of aromatic amines is 1. The second-order valence-corrected chi connectivity index (χ2v) is 7.37. The van der Waals surface area contributed by atoms with Gasteiger partial charge in [-0.3, -0.25) is 9.78 Å². The van der Waals surface area contributed by atoms with Gasteiger partial charge < -0.3 is 14.5 Å². The Bertz CT molecular complexity index is 828. The summed E-state index contributed by atoms with van der Waals surface area (Å²) in [6, 6.07) is 12.1. The Morgan fingerprint density at radius 3 is 2.89 bits per heavy atom. The Morgan fingerprint density at radius 1 is 1.30 bits per heavy atom. The number of H-pyrrole nitrogens is 1. The number of nitrogens with zero attached hydrogens (tertiary/aromatic N) is 3. The molecular weight excluding hydrogens is 347 g/mol. The van der Waals surface area contributed by atoms with Crippen LogP contribution >= 0.6 is 0 Å². The quantitative estimate of drug-likeness (QED) is 0.893. The van der Waals surface area contributed by atoms with E-state index < -0.39 is 6.36 Å². The number of rotatable bonds is 4. The molecule has 0 radical (unpaired) electrons. The first-order chi connectivity index (χ1) is 13.1. The zero-order valence-corrected chi connectivity index (χ0v) is 15.5. The molecular formula is C20H25FN4O2. The number of hydrogen-bond acceptors (Lipinski definition) is 5. The zero-order valence-electron chi connectivity index (χ0n) is 15.5. The van der Waals surface area contributed by atoms with Crippen molar-refractivity contribution < 1.29 is 9.13 Å². The highest BCUT2D eigenvalue weighted by Crippen LogP contribution is 2.30. The molecule has 0 unspecified atom stereocenters. The molecule has 4 rings (SSSR count). The third kappa shape index (κ3) is 3.98. The van der Waals surface area contributed by atoms with Crippen LogP contribution in [0.2, 0.25) is 0 Å². The van der Waals surface area contributed by atoms with Crippen molar-refractivity contribution >= 4 is 11.8 Å². The van der Waals surface area contributed by atoms with Crippen LogP contribution in [0.4, 0.5) is 16.2 Å². The van der Waals surface area contributed by atoms with Crippen molar-refractivity contribution in [2.45, 2.75) is 32.2 Å². The number of ether oxygens (including phenoxy) is 1. The molecule has 6 nitrogen and oxygen atoms in total. The molecule has 1 aromatic heterocycles. The lowest BCUT2D eigenvalue weighted by Crippen LogP contribution is -2.42. The van der Waals surface area contributed by atoms with Gasteiger partial charge in [0.05, 0.1) is 13.2 Å². The van der Waals surface area contributed by atoms with E-state index in [9.17, 15) is 9.18 Å². The SMILES string of the molecule is C[C@@H]1CCN(c2nc(N3CCO[C@H](F)C3)cc(=O)[nH]2)[C@H]1Cc1ccccc1.